The van der Waals surface area contributed by atoms with Gasteiger partial charge in [0.1, 0.15) is 23.1 Å². The molecule has 3 aliphatic rings. The van der Waals surface area contributed by atoms with Crippen molar-refractivity contribution in [3.8, 4) is 0 Å². The molecule has 2 fully saturated rings. The predicted molar refractivity (Wildman–Crippen MR) is 137 cm³/mol. The highest BCUT2D eigenvalue weighted by atomic mass is 35.5. The lowest BCUT2D eigenvalue weighted by Crippen LogP contribution is -2.49. The molecule has 38 heavy (non-hydrogen) atoms. The molecular weight excluding hydrogens is 514 g/mol. The number of carbonyl (C=O) groups is 1. The zero-order valence-electron chi connectivity index (χ0n) is 21.3. The first-order valence-corrected chi connectivity index (χ1v) is 13.1. The van der Waals surface area contributed by atoms with Crippen LogP contribution in [0.5, 0.6) is 0 Å². The van der Waals surface area contributed by atoms with Gasteiger partial charge in [-0.25, -0.2) is 13.8 Å². The van der Waals surface area contributed by atoms with Gasteiger partial charge >= 0.3 is 0 Å². The van der Waals surface area contributed by atoms with E-state index in [1.54, 1.807) is 17.3 Å². The quantitative estimate of drug-likeness (QED) is 0.429. The van der Waals surface area contributed by atoms with Crippen LogP contribution in [0, 0.1) is 5.92 Å². The molecule has 3 aromatic rings. The van der Waals surface area contributed by atoms with E-state index in [2.05, 4.69) is 26.6 Å². The first-order valence-electron chi connectivity index (χ1n) is 12.8. The van der Waals surface area contributed by atoms with Crippen molar-refractivity contribution >= 4 is 23.3 Å². The van der Waals surface area contributed by atoms with Gasteiger partial charge in [-0.2, -0.15) is 0 Å². The van der Waals surface area contributed by atoms with Gasteiger partial charge in [-0.1, -0.05) is 23.7 Å². The van der Waals surface area contributed by atoms with E-state index in [4.69, 9.17) is 16.3 Å². The number of carbonyl (C=O) groups excluding carboxylic acids is 1. The highest BCUT2D eigenvalue weighted by molar-refractivity contribution is 6.29. The molecule has 1 aromatic carbocycles. The monoisotopic (exact) mass is 542 g/mol. The number of aromatic nitrogens is 4. The molecule has 8 nitrogen and oxygen atoms in total. The van der Waals surface area contributed by atoms with Crippen molar-refractivity contribution in [1.82, 2.24) is 25.1 Å². The smallest absolute Gasteiger partial charge is 0.260 e. The van der Waals surface area contributed by atoms with Crippen LogP contribution in [-0.4, -0.2) is 51.3 Å². The lowest BCUT2D eigenvalue weighted by atomic mass is 9.75. The van der Waals surface area contributed by atoms with Gasteiger partial charge < -0.3 is 14.6 Å². The molecule has 6 rings (SSSR count). The molecule has 4 heterocycles. The lowest BCUT2D eigenvalue weighted by molar-refractivity contribution is -0.109. The van der Waals surface area contributed by atoms with Crippen LogP contribution in [0.3, 0.4) is 0 Å². The SMILES string of the molecule is C[C@H](NCC1CC(F)(F)C1)c1cc(Cl)nc(N2Cc3ccc(C4(Cc5nncn5C)COC4)cc3C2=O)c1. The summed E-state index contributed by atoms with van der Waals surface area (Å²) in [7, 11) is 1.92. The Kier molecular flexibility index (Phi) is 6.24. The Morgan fingerprint density at radius 2 is 2.03 bits per heavy atom. The van der Waals surface area contributed by atoms with Crippen molar-refractivity contribution in [3.63, 3.8) is 0 Å². The van der Waals surface area contributed by atoms with Crippen LogP contribution in [0.4, 0.5) is 14.6 Å². The molecule has 0 bridgehead atoms. The second-order valence-electron chi connectivity index (χ2n) is 10.9. The van der Waals surface area contributed by atoms with Crippen LogP contribution < -0.4 is 10.2 Å². The van der Waals surface area contributed by atoms with Crippen LogP contribution in [0.2, 0.25) is 5.15 Å². The van der Waals surface area contributed by atoms with E-state index >= 15 is 0 Å². The van der Waals surface area contributed by atoms with Gasteiger partial charge in [0, 0.05) is 43.3 Å². The van der Waals surface area contributed by atoms with E-state index in [1.165, 1.54) is 0 Å². The minimum absolute atomic E-state index is 0.0360. The zero-order valence-corrected chi connectivity index (χ0v) is 22.0. The maximum Gasteiger partial charge on any atom is 0.260 e. The van der Waals surface area contributed by atoms with E-state index in [9.17, 15) is 13.6 Å². The highest BCUT2D eigenvalue weighted by Crippen LogP contribution is 2.42. The summed E-state index contributed by atoms with van der Waals surface area (Å²) < 4.78 is 33.9. The average molecular weight is 543 g/mol. The number of alkyl halides is 2. The lowest BCUT2D eigenvalue weighted by Gasteiger charge is -2.41. The van der Waals surface area contributed by atoms with E-state index in [0.717, 1.165) is 22.5 Å². The summed E-state index contributed by atoms with van der Waals surface area (Å²) in [5, 5.41) is 11.8. The number of anilines is 1. The van der Waals surface area contributed by atoms with Crippen LogP contribution in [0.25, 0.3) is 0 Å². The molecule has 1 N–H and O–H groups in total. The molecule has 200 valence electrons. The molecule has 11 heteroatoms. The van der Waals surface area contributed by atoms with Crippen molar-refractivity contribution < 1.29 is 18.3 Å². The molecule has 0 spiro atoms. The number of rotatable bonds is 8. The Labute approximate surface area is 224 Å². The second kappa shape index (κ2) is 9.36. The van der Waals surface area contributed by atoms with Gasteiger partial charge in [-0.15, -0.1) is 10.2 Å². The Bertz CT molecular complexity index is 1380. The van der Waals surface area contributed by atoms with Crippen LogP contribution in [0.15, 0.2) is 36.7 Å². The number of ether oxygens (including phenoxy) is 1. The molecule has 1 amide bonds. The maximum absolute atomic E-state index is 13.6. The van der Waals surface area contributed by atoms with Crippen molar-refractivity contribution in [3.05, 3.63) is 69.9 Å². The summed E-state index contributed by atoms with van der Waals surface area (Å²) in [6.45, 7) is 3.96. The second-order valence-corrected chi connectivity index (χ2v) is 11.3. The third-order valence-corrected chi connectivity index (χ3v) is 8.25. The number of amides is 1. The minimum atomic E-state index is -2.53. The highest BCUT2D eigenvalue weighted by Gasteiger charge is 2.45. The number of nitrogens with zero attached hydrogens (tertiary/aromatic N) is 5. The van der Waals surface area contributed by atoms with E-state index < -0.39 is 5.92 Å². The summed E-state index contributed by atoms with van der Waals surface area (Å²) in [6, 6.07) is 9.51. The fourth-order valence-corrected chi connectivity index (χ4v) is 5.80. The largest absolute Gasteiger partial charge is 0.379 e. The summed E-state index contributed by atoms with van der Waals surface area (Å²) >= 11 is 6.36. The standard InChI is InChI=1S/C27H29ClF2N6O2/c1-16(31-11-17-8-27(29,30)9-17)19-5-22(28)33-23(6-19)36-12-18-3-4-20(7-21(18)25(36)37)26(13-38-14-26)10-24-34-32-15-35(24)2/h3-7,15-17,31H,8-14H2,1-2H3/t16-/m0/s1. The summed E-state index contributed by atoms with van der Waals surface area (Å²) in [6.07, 6.45) is 2.19. The number of halogens is 3. The van der Waals surface area contributed by atoms with Gasteiger partial charge in [-0.3, -0.25) is 9.69 Å². The molecular formula is C27H29ClF2N6O2. The Morgan fingerprint density at radius 1 is 1.24 bits per heavy atom. The van der Waals surface area contributed by atoms with Crippen LogP contribution in [0.1, 0.15) is 58.7 Å². The number of benzene rings is 1. The number of hydrogen-bond donors (Lipinski definition) is 1. The van der Waals surface area contributed by atoms with Crippen molar-refractivity contribution in [1.29, 1.82) is 0 Å². The van der Waals surface area contributed by atoms with E-state index in [1.807, 2.05) is 36.7 Å². The first kappa shape index (κ1) is 25.3. The fraction of sp³-hybridized carbons (Fsp3) is 0.481. The van der Waals surface area contributed by atoms with E-state index in [-0.39, 0.29) is 41.3 Å². The number of fused-ring (bicyclic) bond motifs is 1. The summed E-state index contributed by atoms with van der Waals surface area (Å²) in [5.74, 6) is -1.36. The van der Waals surface area contributed by atoms with Crippen LogP contribution >= 0.6 is 11.6 Å². The van der Waals surface area contributed by atoms with Gasteiger partial charge in [0.05, 0.1) is 19.8 Å². The topological polar surface area (TPSA) is 85.2 Å². The third-order valence-electron chi connectivity index (χ3n) is 8.05. The average Bonchev–Trinajstić information content (AvgIpc) is 3.40. The van der Waals surface area contributed by atoms with Crippen LogP contribution in [-0.2, 0) is 30.2 Å². The number of nitrogens with one attached hydrogen (secondary N) is 1. The molecule has 1 saturated heterocycles. The fourth-order valence-electron chi connectivity index (χ4n) is 5.59. The summed E-state index contributed by atoms with van der Waals surface area (Å²) in [4.78, 5) is 19.6. The maximum atomic E-state index is 13.6. The number of pyridine rings is 1. The third kappa shape index (κ3) is 4.58. The minimum Gasteiger partial charge on any atom is -0.379 e. The number of hydrogen-bond acceptors (Lipinski definition) is 6. The van der Waals surface area contributed by atoms with Gasteiger partial charge in [0.2, 0.25) is 5.92 Å². The molecule has 1 saturated carbocycles. The molecule has 0 unspecified atom stereocenters. The van der Waals surface area contributed by atoms with Crippen molar-refractivity contribution in [2.24, 2.45) is 13.0 Å². The number of aryl methyl sites for hydroxylation is 1. The van der Waals surface area contributed by atoms with Crippen molar-refractivity contribution in [2.45, 2.75) is 50.1 Å². The molecule has 0 radical (unpaired) electrons. The Balaban J connectivity index is 1.20. The Hall–Kier alpha value is -2.95. The van der Waals surface area contributed by atoms with Gasteiger partial charge in [0.25, 0.3) is 5.91 Å². The normalized spacial score (nSPS) is 20.7. The zero-order chi connectivity index (χ0) is 26.7. The molecule has 1 aliphatic carbocycles. The summed E-state index contributed by atoms with van der Waals surface area (Å²) in [5.41, 5.74) is 3.21. The first-order chi connectivity index (χ1) is 18.1. The van der Waals surface area contributed by atoms with Crippen molar-refractivity contribution in [2.75, 3.05) is 24.7 Å². The van der Waals surface area contributed by atoms with Gasteiger partial charge in [0.15, 0.2) is 0 Å². The predicted octanol–water partition coefficient (Wildman–Crippen LogP) is 4.23. The van der Waals surface area contributed by atoms with E-state index in [0.29, 0.717) is 44.1 Å². The molecule has 1 atom stereocenters. The van der Waals surface area contributed by atoms with Gasteiger partial charge in [-0.05, 0) is 54.3 Å². The Morgan fingerprint density at radius 3 is 2.68 bits per heavy atom. The molecule has 2 aromatic heterocycles. The molecule has 2 aliphatic heterocycles.